The van der Waals surface area contributed by atoms with Crippen LogP contribution in [0.25, 0.3) is 10.2 Å². The lowest BCUT2D eigenvalue weighted by atomic mass is 10.1. The Kier molecular flexibility index (Phi) is 3.24. The summed E-state index contributed by atoms with van der Waals surface area (Å²) in [5.74, 6) is 0. The Morgan fingerprint density at radius 2 is 2.06 bits per heavy atom. The van der Waals surface area contributed by atoms with Crippen molar-refractivity contribution in [3.63, 3.8) is 0 Å². The van der Waals surface area contributed by atoms with E-state index in [0.717, 1.165) is 9.86 Å². The maximum atomic E-state index is 4.60. The van der Waals surface area contributed by atoms with Gasteiger partial charge < -0.3 is 0 Å². The average Bonchev–Trinajstić information content (AvgIpc) is 2.55. The molecule has 0 spiro atoms. The van der Waals surface area contributed by atoms with Gasteiger partial charge in [0.1, 0.15) is 0 Å². The van der Waals surface area contributed by atoms with Crippen LogP contribution in [0.5, 0.6) is 0 Å². The smallest absolute Gasteiger partial charge is 0.166 e. The largest absolute Gasteiger partial charge is 0.253 e. The molecule has 2 nitrogen and oxygen atoms in total. The second-order valence-corrected chi connectivity index (χ2v) is 6.99. The van der Waals surface area contributed by atoms with E-state index >= 15 is 0 Å². The highest BCUT2D eigenvalue weighted by Crippen LogP contribution is 2.29. The normalized spacial score (nSPS) is 12.2. The third-order valence-electron chi connectivity index (χ3n) is 1.97. The quantitative estimate of drug-likeness (QED) is 0.818. The van der Waals surface area contributed by atoms with Gasteiger partial charge >= 0.3 is 0 Å². The molecule has 1 aromatic carbocycles. The molecule has 0 fully saturated rings. The van der Waals surface area contributed by atoms with Gasteiger partial charge in [-0.15, -0.1) is 11.3 Å². The monoisotopic (exact) mass is 252 g/mol. The first-order valence-electron chi connectivity index (χ1n) is 5.25. The van der Waals surface area contributed by atoms with Crippen LogP contribution in [0.1, 0.15) is 26.3 Å². The van der Waals surface area contributed by atoms with Crippen LogP contribution in [-0.2, 0) is 0 Å². The van der Waals surface area contributed by atoms with Crippen LogP contribution in [0.4, 0.5) is 0 Å². The lowest BCUT2D eigenvalue weighted by Gasteiger charge is -2.17. The minimum Gasteiger partial charge on any atom is -0.253 e. The highest BCUT2D eigenvalue weighted by Gasteiger charge is 2.11. The molecule has 16 heavy (non-hydrogen) atoms. The number of hydrogen-bond acceptors (Lipinski definition) is 4. The topological polar surface area (TPSA) is 24.9 Å². The van der Waals surface area contributed by atoms with E-state index in [2.05, 4.69) is 55.6 Å². The summed E-state index contributed by atoms with van der Waals surface area (Å²) in [4.78, 5) is 4.60. The Balaban J connectivity index is 2.20. The summed E-state index contributed by atoms with van der Waals surface area (Å²) in [6.45, 7) is 8.55. The second kappa shape index (κ2) is 4.35. The lowest BCUT2D eigenvalue weighted by molar-refractivity contribution is 0.535. The number of benzene rings is 1. The SMILES string of the molecule is Cc1ccc2sc(SNC(C)(C)C)nc2c1. The van der Waals surface area contributed by atoms with Gasteiger partial charge in [0.05, 0.1) is 10.2 Å². The highest BCUT2D eigenvalue weighted by molar-refractivity contribution is 7.99. The highest BCUT2D eigenvalue weighted by atomic mass is 32.2. The molecule has 0 radical (unpaired) electrons. The third kappa shape index (κ3) is 2.97. The zero-order chi connectivity index (χ0) is 11.8. The van der Waals surface area contributed by atoms with Crippen molar-refractivity contribution in [3.05, 3.63) is 23.8 Å². The summed E-state index contributed by atoms with van der Waals surface area (Å²) in [5, 5.41) is 0. The molecular formula is C12H16N2S2. The van der Waals surface area contributed by atoms with Crippen LogP contribution in [0.2, 0.25) is 0 Å². The molecule has 0 saturated carbocycles. The van der Waals surface area contributed by atoms with E-state index in [4.69, 9.17) is 0 Å². The van der Waals surface area contributed by atoms with Gasteiger partial charge in [0.2, 0.25) is 0 Å². The lowest BCUT2D eigenvalue weighted by Crippen LogP contribution is -2.29. The van der Waals surface area contributed by atoms with E-state index in [1.165, 1.54) is 10.3 Å². The molecule has 1 aromatic heterocycles. The first-order valence-corrected chi connectivity index (χ1v) is 6.88. The molecule has 0 atom stereocenters. The number of hydrogen-bond donors (Lipinski definition) is 1. The van der Waals surface area contributed by atoms with Crippen LogP contribution >= 0.6 is 23.3 Å². The fourth-order valence-electron chi connectivity index (χ4n) is 1.26. The molecule has 2 rings (SSSR count). The van der Waals surface area contributed by atoms with Gasteiger partial charge in [-0.1, -0.05) is 6.07 Å². The number of thiazole rings is 1. The molecule has 86 valence electrons. The van der Waals surface area contributed by atoms with Gasteiger partial charge in [-0.2, -0.15) is 0 Å². The molecule has 1 N–H and O–H groups in total. The predicted molar refractivity (Wildman–Crippen MR) is 73.1 cm³/mol. The Morgan fingerprint density at radius 3 is 2.75 bits per heavy atom. The van der Waals surface area contributed by atoms with Gasteiger partial charge in [0.15, 0.2) is 4.34 Å². The summed E-state index contributed by atoms with van der Waals surface area (Å²) >= 11 is 3.35. The molecule has 2 aromatic rings. The van der Waals surface area contributed by atoms with E-state index in [1.807, 2.05) is 0 Å². The van der Waals surface area contributed by atoms with Crippen LogP contribution in [0.15, 0.2) is 22.5 Å². The maximum Gasteiger partial charge on any atom is 0.166 e. The van der Waals surface area contributed by atoms with E-state index < -0.39 is 0 Å². The van der Waals surface area contributed by atoms with E-state index in [-0.39, 0.29) is 5.54 Å². The molecule has 0 bridgehead atoms. The maximum absolute atomic E-state index is 4.60. The molecule has 0 unspecified atom stereocenters. The number of aryl methyl sites for hydroxylation is 1. The molecule has 0 saturated heterocycles. The summed E-state index contributed by atoms with van der Waals surface area (Å²) in [6.07, 6.45) is 0. The van der Waals surface area contributed by atoms with Crippen molar-refractivity contribution in [2.24, 2.45) is 0 Å². The molecule has 0 aliphatic rings. The van der Waals surface area contributed by atoms with Gasteiger partial charge in [-0.25, -0.2) is 4.98 Å². The Morgan fingerprint density at radius 1 is 1.31 bits per heavy atom. The summed E-state index contributed by atoms with van der Waals surface area (Å²) in [5.41, 5.74) is 2.47. The van der Waals surface area contributed by atoms with E-state index in [0.29, 0.717) is 0 Å². The Hall–Kier alpha value is -0.580. The molecular weight excluding hydrogens is 236 g/mol. The zero-order valence-electron chi connectivity index (χ0n) is 10.00. The van der Waals surface area contributed by atoms with Crippen molar-refractivity contribution in [1.29, 1.82) is 0 Å². The van der Waals surface area contributed by atoms with E-state index in [9.17, 15) is 0 Å². The zero-order valence-corrected chi connectivity index (χ0v) is 11.6. The number of aromatic nitrogens is 1. The van der Waals surface area contributed by atoms with Gasteiger partial charge in [0, 0.05) is 5.54 Å². The van der Waals surface area contributed by atoms with Crippen LogP contribution in [0, 0.1) is 6.92 Å². The minimum atomic E-state index is 0.110. The molecule has 4 heteroatoms. The van der Waals surface area contributed by atoms with Gasteiger partial charge in [0.25, 0.3) is 0 Å². The number of fused-ring (bicyclic) bond motifs is 1. The van der Waals surface area contributed by atoms with Gasteiger partial charge in [-0.05, 0) is 57.3 Å². The van der Waals surface area contributed by atoms with Crippen LogP contribution in [-0.4, -0.2) is 10.5 Å². The predicted octanol–water partition coefficient (Wildman–Crippen LogP) is 4.00. The van der Waals surface area contributed by atoms with E-state index in [1.54, 1.807) is 23.3 Å². The summed E-state index contributed by atoms with van der Waals surface area (Å²) in [6, 6.07) is 6.41. The first kappa shape index (κ1) is 11.9. The second-order valence-electron chi connectivity index (χ2n) is 4.91. The third-order valence-corrected chi connectivity index (χ3v) is 4.28. The van der Waals surface area contributed by atoms with Crippen molar-refractivity contribution in [1.82, 2.24) is 9.71 Å². The fourth-order valence-corrected chi connectivity index (χ4v) is 3.03. The molecule has 0 aliphatic heterocycles. The number of rotatable bonds is 2. The summed E-state index contributed by atoms with van der Waals surface area (Å²) < 4.78 is 5.71. The van der Waals surface area contributed by atoms with Crippen molar-refractivity contribution in [2.45, 2.75) is 37.6 Å². The molecule has 1 heterocycles. The van der Waals surface area contributed by atoms with Crippen LogP contribution < -0.4 is 4.72 Å². The standard InChI is InChI=1S/C12H16N2S2/c1-8-5-6-10-9(7-8)13-11(15-10)16-14-12(2,3)4/h5-7,14H,1-4H3. The number of nitrogens with zero attached hydrogens (tertiary/aromatic N) is 1. The van der Waals surface area contributed by atoms with Crippen molar-refractivity contribution in [3.8, 4) is 0 Å². The van der Waals surface area contributed by atoms with Crippen molar-refractivity contribution < 1.29 is 0 Å². The van der Waals surface area contributed by atoms with Crippen molar-refractivity contribution >= 4 is 33.5 Å². The molecule has 0 amide bonds. The first-order chi connectivity index (χ1) is 7.44. The average molecular weight is 252 g/mol. The van der Waals surface area contributed by atoms with Crippen molar-refractivity contribution in [2.75, 3.05) is 0 Å². The fraction of sp³-hybridized carbons (Fsp3) is 0.417. The molecule has 0 aliphatic carbocycles. The van der Waals surface area contributed by atoms with Crippen LogP contribution in [0.3, 0.4) is 0 Å². The number of nitrogens with one attached hydrogen (secondary N) is 1. The van der Waals surface area contributed by atoms with Gasteiger partial charge in [-0.3, -0.25) is 4.72 Å². The minimum absolute atomic E-state index is 0.110. The summed E-state index contributed by atoms with van der Waals surface area (Å²) in [7, 11) is 0. The Labute approximate surface area is 105 Å². The Bertz CT molecular complexity index is 497.